The summed E-state index contributed by atoms with van der Waals surface area (Å²) >= 11 is 0. The van der Waals surface area contributed by atoms with Crippen molar-refractivity contribution in [2.45, 2.75) is 6.18 Å². The van der Waals surface area contributed by atoms with Crippen LogP contribution in [-0.2, 0) is 6.18 Å². The second-order valence-electron chi connectivity index (χ2n) is 3.65. The van der Waals surface area contributed by atoms with Crippen molar-refractivity contribution in [2.24, 2.45) is 0 Å². The van der Waals surface area contributed by atoms with Crippen molar-refractivity contribution in [3.8, 4) is 11.6 Å². The number of anilines is 1. The highest BCUT2D eigenvalue weighted by Gasteiger charge is 2.33. The van der Waals surface area contributed by atoms with Gasteiger partial charge in [0, 0.05) is 24.3 Å². The van der Waals surface area contributed by atoms with Crippen LogP contribution in [0, 0.1) is 11.6 Å². The third-order valence-corrected chi connectivity index (χ3v) is 2.07. The quantitative estimate of drug-likeness (QED) is 0.863. The van der Waals surface area contributed by atoms with Crippen LogP contribution >= 0.6 is 0 Å². The van der Waals surface area contributed by atoms with Crippen molar-refractivity contribution in [3.63, 3.8) is 0 Å². The molecule has 106 valence electrons. The van der Waals surface area contributed by atoms with E-state index in [0.717, 1.165) is 12.1 Å². The van der Waals surface area contributed by atoms with Gasteiger partial charge in [0.1, 0.15) is 17.4 Å². The third-order valence-electron chi connectivity index (χ3n) is 2.07. The van der Waals surface area contributed by atoms with Crippen LogP contribution in [-0.4, -0.2) is 9.97 Å². The molecule has 0 unspecified atom stereocenters. The Balaban J connectivity index is 2.36. The van der Waals surface area contributed by atoms with Gasteiger partial charge in [0.2, 0.25) is 11.8 Å². The molecule has 0 bridgehead atoms. The van der Waals surface area contributed by atoms with E-state index in [0.29, 0.717) is 12.1 Å². The van der Waals surface area contributed by atoms with Gasteiger partial charge in [0.25, 0.3) is 0 Å². The number of rotatable bonds is 2. The van der Waals surface area contributed by atoms with Gasteiger partial charge in [-0.2, -0.15) is 18.2 Å². The molecular weight excluding hydrogens is 285 g/mol. The molecule has 2 N–H and O–H groups in total. The van der Waals surface area contributed by atoms with E-state index >= 15 is 0 Å². The number of halogens is 5. The highest BCUT2D eigenvalue weighted by molar-refractivity contribution is 5.32. The van der Waals surface area contributed by atoms with Crippen LogP contribution < -0.4 is 10.5 Å². The monoisotopic (exact) mass is 291 g/mol. The molecule has 0 amide bonds. The van der Waals surface area contributed by atoms with E-state index in [9.17, 15) is 22.0 Å². The number of nitrogen functional groups attached to an aromatic ring is 1. The summed E-state index contributed by atoms with van der Waals surface area (Å²) < 4.78 is 68.2. The van der Waals surface area contributed by atoms with E-state index < -0.39 is 35.3 Å². The molecule has 2 rings (SSSR count). The average molecular weight is 291 g/mol. The van der Waals surface area contributed by atoms with E-state index in [1.807, 2.05) is 0 Å². The SMILES string of the molecule is Nc1nc(Oc2cc(F)cc(F)c2)cc(C(F)(F)F)n1. The fraction of sp³-hybridized carbons (Fsp3) is 0.0909. The third kappa shape index (κ3) is 3.31. The highest BCUT2D eigenvalue weighted by Crippen LogP contribution is 2.31. The summed E-state index contributed by atoms with van der Waals surface area (Å²) in [6.45, 7) is 0. The van der Waals surface area contributed by atoms with E-state index in [1.165, 1.54) is 0 Å². The lowest BCUT2D eigenvalue weighted by Crippen LogP contribution is -2.11. The molecular formula is C11H6F5N3O. The Hall–Kier alpha value is -2.45. The van der Waals surface area contributed by atoms with Crippen molar-refractivity contribution in [1.82, 2.24) is 9.97 Å². The number of alkyl halides is 3. The molecule has 20 heavy (non-hydrogen) atoms. The summed E-state index contributed by atoms with van der Waals surface area (Å²) in [5, 5.41) is 0. The first-order valence-corrected chi connectivity index (χ1v) is 5.10. The largest absolute Gasteiger partial charge is 0.439 e. The van der Waals surface area contributed by atoms with Gasteiger partial charge in [-0.05, 0) is 0 Å². The molecule has 0 saturated carbocycles. The second kappa shape index (κ2) is 4.91. The van der Waals surface area contributed by atoms with Crippen molar-refractivity contribution < 1.29 is 26.7 Å². The van der Waals surface area contributed by atoms with Gasteiger partial charge in [0.15, 0.2) is 5.69 Å². The van der Waals surface area contributed by atoms with Gasteiger partial charge in [-0.15, -0.1) is 0 Å². The number of hydrogen-bond donors (Lipinski definition) is 1. The molecule has 0 spiro atoms. The maximum absolute atomic E-state index is 12.9. The smallest absolute Gasteiger partial charge is 0.433 e. The summed E-state index contributed by atoms with van der Waals surface area (Å²) in [6, 6.07) is 2.63. The van der Waals surface area contributed by atoms with E-state index in [2.05, 4.69) is 9.97 Å². The molecule has 0 aliphatic carbocycles. The zero-order chi connectivity index (χ0) is 14.9. The highest BCUT2D eigenvalue weighted by atomic mass is 19.4. The van der Waals surface area contributed by atoms with E-state index in [-0.39, 0.29) is 5.75 Å². The Morgan fingerprint density at radius 1 is 0.950 bits per heavy atom. The number of ether oxygens (including phenoxy) is 1. The Labute approximate surface area is 109 Å². The first kappa shape index (κ1) is 14.0. The van der Waals surface area contributed by atoms with Crippen LogP contribution in [0.5, 0.6) is 11.6 Å². The second-order valence-corrected chi connectivity index (χ2v) is 3.65. The van der Waals surface area contributed by atoms with Gasteiger partial charge < -0.3 is 10.5 Å². The lowest BCUT2D eigenvalue weighted by Gasteiger charge is -2.09. The Bertz CT molecular complexity index is 624. The van der Waals surface area contributed by atoms with Crippen LogP contribution in [0.4, 0.5) is 27.9 Å². The molecule has 0 radical (unpaired) electrons. The zero-order valence-electron chi connectivity index (χ0n) is 9.58. The molecule has 2 aromatic rings. The summed E-state index contributed by atoms with van der Waals surface area (Å²) in [5.74, 6) is -3.49. The van der Waals surface area contributed by atoms with Crippen LogP contribution in [0.2, 0.25) is 0 Å². The molecule has 1 aromatic carbocycles. The Kier molecular flexibility index (Phi) is 3.43. The molecule has 1 heterocycles. The minimum atomic E-state index is -4.75. The number of hydrogen-bond acceptors (Lipinski definition) is 4. The molecule has 4 nitrogen and oxygen atoms in total. The van der Waals surface area contributed by atoms with Crippen LogP contribution in [0.1, 0.15) is 5.69 Å². The van der Waals surface area contributed by atoms with Gasteiger partial charge in [-0.3, -0.25) is 0 Å². The Morgan fingerprint density at radius 2 is 1.55 bits per heavy atom. The van der Waals surface area contributed by atoms with E-state index in [4.69, 9.17) is 10.5 Å². The predicted octanol–water partition coefficient (Wildman–Crippen LogP) is 3.15. The fourth-order valence-corrected chi connectivity index (χ4v) is 1.35. The number of nitrogens with two attached hydrogens (primary N) is 1. The normalized spacial score (nSPS) is 11.4. The van der Waals surface area contributed by atoms with Crippen LogP contribution in [0.15, 0.2) is 24.3 Å². The fourth-order valence-electron chi connectivity index (χ4n) is 1.35. The topological polar surface area (TPSA) is 61.0 Å². The van der Waals surface area contributed by atoms with E-state index in [1.54, 1.807) is 0 Å². The zero-order valence-corrected chi connectivity index (χ0v) is 9.58. The van der Waals surface area contributed by atoms with Gasteiger partial charge in [-0.25, -0.2) is 13.8 Å². The lowest BCUT2D eigenvalue weighted by molar-refractivity contribution is -0.141. The summed E-state index contributed by atoms with van der Waals surface area (Å²) in [5.41, 5.74) is 3.80. The Morgan fingerprint density at radius 3 is 2.10 bits per heavy atom. The number of nitrogens with zero attached hydrogens (tertiary/aromatic N) is 2. The minimum absolute atomic E-state index is 0.353. The predicted molar refractivity (Wildman–Crippen MR) is 57.9 cm³/mol. The van der Waals surface area contributed by atoms with Crippen molar-refractivity contribution in [1.29, 1.82) is 0 Å². The van der Waals surface area contributed by atoms with Gasteiger partial charge in [-0.1, -0.05) is 0 Å². The first-order chi connectivity index (χ1) is 9.24. The summed E-state index contributed by atoms with van der Waals surface area (Å²) in [4.78, 5) is 6.40. The minimum Gasteiger partial charge on any atom is -0.439 e. The molecule has 1 aromatic heterocycles. The number of aromatic nitrogens is 2. The maximum Gasteiger partial charge on any atom is 0.433 e. The van der Waals surface area contributed by atoms with Crippen LogP contribution in [0.3, 0.4) is 0 Å². The average Bonchev–Trinajstić information content (AvgIpc) is 2.25. The summed E-state index contributed by atoms with van der Waals surface area (Å²) in [7, 11) is 0. The van der Waals surface area contributed by atoms with Crippen molar-refractivity contribution >= 4 is 5.95 Å². The first-order valence-electron chi connectivity index (χ1n) is 5.10. The molecule has 0 fully saturated rings. The molecule has 0 aliphatic rings. The molecule has 0 aliphatic heterocycles. The molecule has 0 atom stereocenters. The molecule has 9 heteroatoms. The lowest BCUT2D eigenvalue weighted by atomic mass is 10.3. The number of benzene rings is 1. The molecule has 0 saturated heterocycles. The standard InChI is InChI=1S/C11H6F5N3O/c12-5-1-6(13)3-7(2-5)20-9-4-8(11(14,15)16)18-10(17)19-9/h1-4H,(H2,17,18,19). The maximum atomic E-state index is 12.9. The summed E-state index contributed by atoms with van der Waals surface area (Å²) in [6.07, 6.45) is -4.75. The van der Waals surface area contributed by atoms with Gasteiger partial charge >= 0.3 is 6.18 Å². The van der Waals surface area contributed by atoms with Crippen LogP contribution in [0.25, 0.3) is 0 Å². The van der Waals surface area contributed by atoms with Crippen molar-refractivity contribution in [3.05, 3.63) is 41.6 Å². The van der Waals surface area contributed by atoms with Gasteiger partial charge in [0.05, 0.1) is 0 Å². The van der Waals surface area contributed by atoms with Crippen molar-refractivity contribution in [2.75, 3.05) is 5.73 Å².